The Hall–Kier alpha value is -2.09. The number of carbonyl (C=O) groups is 2. The molecule has 2 aromatic rings. The number of thioether (sulfide) groups is 1. The molecule has 0 aliphatic rings. The number of nitrogens with one attached hydrogen (secondary N) is 1. The number of rotatable bonds is 7. The van der Waals surface area contributed by atoms with Crippen molar-refractivity contribution in [2.45, 2.75) is 51.6 Å². The van der Waals surface area contributed by atoms with Gasteiger partial charge in [0, 0.05) is 12.2 Å². The third-order valence-electron chi connectivity index (χ3n) is 3.74. The topological polar surface area (TPSA) is 89.9 Å². The van der Waals surface area contributed by atoms with Crippen LogP contribution in [0.15, 0.2) is 11.5 Å². The predicted molar refractivity (Wildman–Crippen MR) is 91.6 cm³/mol. The van der Waals surface area contributed by atoms with Crippen LogP contribution in [0.4, 0.5) is 0 Å². The van der Waals surface area contributed by atoms with E-state index in [1.165, 1.54) is 11.8 Å². The van der Waals surface area contributed by atoms with Crippen molar-refractivity contribution < 1.29 is 14.3 Å². The van der Waals surface area contributed by atoms with Crippen LogP contribution in [-0.2, 0) is 11.3 Å². The Morgan fingerprint density at radius 2 is 2.08 bits per heavy atom. The molecule has 2 heterocycles. The standard InChI is InChI=1S/C16H22N4O3S/c1-6-20-8-17-19-16(20)24-11(5)14(21)13-9(3)12(10(4)18-13)15(22)23-7-2/h8,11,18H,6-7H2,1-5H3/t11-/m0/s1. The number of aromatic nitrogens is 4. The van der Waals surface area contributed by atoms with Gasteiger partial charge in [-0.25, -0.2) is 4.79 Å². The average molecular weight is 350 g/mol. The van der Waals surface area contributed by atoms with Gasteiger partial charge in [-0.3, -0.25) is 4.79 Å². The fourth-order valence-electron chi connectivity index (χ4n) is 2.47. The third kappa shape index (κ3) is 3.53. The first-order valence-electron chi connectivity index (χ1n) is 7.85. The van der Waals surface area contributed by atoms with Gasteiger partial charge in [0.1, 0.15) is 6.33 Å². The number of ether oxygens (including phenoxy) is 1. The van der Waals surface area contributed by atoms with Crippen LogP contribution in [0.3, 0.4) is 0 Å². The molecule has 0 radical (unpaired) electrons. The minimum Gasteiger partial charge on any atom is -0.462 e. The minimum absolute atomic E-state index is 0.0817. The summed E-state index contributed by atoms with van der Waals surface area (Å²) in [7, 11) is 0. The summed E-state index contributed by atoms with van der Waals surface area (Å²) in [6, 6.07) is 0. The molecule has 0 saturated carbocycles. The van der Waals surface area contributed by atoms with Gasteiger partial charge in [-0.1, -0.05) is 11.8 Å². The number of carbonyl (C=O) groups excluding carboxylic acids is 2. The van der Waals surface area contributed by atoms with E-state index in [2.05, 4.69) is 15.2 Å². The molecule has 0 fully saturated rings. The molecule has 1 N–H and O–H groups in total. The van der Waals surface area contributed by atoms with Gasteiger partial charge in [0.05, 0.1) is 23.1 Å². The Kier molecular flexibility index (Phi) is 5.82. The first kappa shape index (κ1) is 18.3. The summed E-state index contributed by atoms with van der Waals surface area (Å²) in [5.41, 5.74) is 2.15. The van der Waals surface area contributed by atoms with E-state index < -0.39 is 5.97 Å². The molecule has 2 aromatic heterocycles. The monoisotopic (exact) mass is 350 g/mol. The number of aromatic amines is 1. The highest BCUT2D eigenvalue weighted by Crippen LogP contribution is 2.27. The molecule has 2 rings (SSSR count). The second-order valence-corrected chi connectivity index (χ2v) is 6.68. The highest BCUT2D eigenvalue weighted by atomic mass is 32.2. The van der Waals surface area contributed by atoms with Crippen molar-refractivity contribution in [1.82, 2.24) is 19.7 Å². The fraction of sp³-hybridized carbons (Fsp3) is 0.500. The highest BCUT2D eigenvalue weighted by Gasteiger charge is 2.27. The van der Waals surface area contributed by atoms with Crippen LogP contribution in [0.5, 0.6) is 0 Å². The van der Waals surface area contributed by atoms with E-state index in [1.54, 1.807) is 27.1 Å². The summed E-state index contributed by atoms with van der Waals surface area (Å²) >= 11 is 1.35. The van der Waals surface area contributed by atoms with E-state index in [0.717, 1.165) is 6.54 Å². The molecule has 0 aromatic carbocycles. The first-order valence-corrected chi connectivity index (χ1v) is 8.73. The van der Waals surface area contributed by atoms with Gasteiger partial charge in [-0.2, -0.15) is 0 Å². The summed E-state index contributed by atoms with van der Waals surface area (Å²) in [5, 5.41) is 8.25. The van der Waals surface area contributed by atoms with E-state index in [0.29, 0.717) is 34.3 Å². The van der Waals surface area contributed by atoms with Crippen LogP contribution in [0, 0.1) is 13.8 Å². The van der Waals surface area contributed by atoms with Crippen LogP contribution in [0.25, 0.3) is 0 Å². The van der Waals surface area contributed by atoms with Crippen molar-refractivity contribution in [3.63, 3.8) is 0 Å². The summed E-state index contributed by atoms with van der Waals surface area (Å²) < 4.78 is 6.94. The summed E-state index contributed by atoms with van der Waals surface area (Å²) in [6.07, 6.45) is 1.64. The maximum Gasteiger partial charge on any atom is 0.340 e. The molecule has 0 aliphatic heterocycles. The highest BCUT2D eigenvalue weighted by molar-refractivity contribution is 8.00. The van der Waals surface area contributed by atoms with Crippen LogP contribution in [0.1, 0.15) is 52.9 Å². The number of H-pyrrole nitrogens is 1. The summed E-state index contributed by atoms with van der Waals surface area (Å²) in [4.78, 5) is 27.9. The molecule has 7 nitrogen and oxygen atoms in total. The van der Waals surface area contributed by atoms with E-state index in [-0.39, 0.29) is 11.0 Å². The van der Waals surface area contributed by atoms with Gasteiger partial charge in [0.25, 0.3) is 0 Å². The van der Waals surface area contributed by atoms with Crippen molar-refractivity contribution in [3.05, 3.63) is 28.8 Å². The van der Waals surface area contributed by atoms with Gasteiger partial charge >= 0.3 is 5.97 Å². The molecule has 0 saturated heterocycles. The zero-order chi connectivity index (χ0) is 17.9. The smallest absolute Gasteiger partial charge is 0.340 e. The molecule has 0 bridgehead atoms. The van der Waals surface area contributed by atoms with Crippen molar-refractivity contribution in [2.75, 3.05) is 6.61 Å². The normalized spacial score (nSPS) is 12.2. The zero-order valence-corrected chi connectivity index (χ0v) is 15.4. The van der Waals surface area contributed by atoms with Gasteiger partial charge in [-0.15, -0.1) is 10.2 Å². The molecule has 0 amide bonds. The maximum absolute atomic E-state index is 12.8. The zero-order valence-electron chi connectivity index (χ0n) is 14.5. The number of ketones is 1. The largest absolute Gasteiger partial charge is 0.462 e. The van der Waals surface area contributed by atoms with Gasteiger partial charge in [0.15, 0.2) is 10.9 Å². The third-order valence-corrected chi connectivity index (χ3v) is 4.83. The lowest BCUT2D eigenvalue weighted by Crippen LogP contribution is -2.16. The molecule has 0 aliphatic carbocycles. The average Bonchev–Trinajstić information content (AvgIpc) is 3.10. The second-order valence-electron chi connectivity index (χ2n) is 5.37. The van der Waals surface area contributed by atoms with Gasteiger partial charge in [0.2, 0.25) is 0 Å². The summed E-state index contributed by atoms with van der Waals surface area (Å²) in [6.45, 7) is 10.1. The lowest BCUT2D eigenvalue weighted by Gasteiger charge is -2.10. The summed E-state index contributed by atoms with van der Waals surface area (Å²) in [5.74, 6) is -0.490. The number of hydrogen-bond donors (Lipinski definition) is 1. The predicted octanol–water partition coefficient (Wildman–Crippen LogP) is 2.78. The first-order chi connectivity index (χ1) is 11.4. The number of nitrogens with zero attached hydrogens (tertiary/aromatic N) is 3. The second kappa shape index (κ2) is 7.65. The van der Waals surface area contributed by atoms with Crippen molar-refractivity contribution in [3.8, 4) is 0 Å². The van der Waals surface area contributed by atoms with Crippen LogP contribution in [-0.4, -0.2) is 43.4 Å². The number of esters is 1. The number of hydrogen-bond acceptors (Lipinski definition) is 6. The molecule has 8 heteroatoms. The SMILES string of the molecule is CCOC(=O)c1c(C)[nH]c(C(=O)[C@H](C)Sc2nncn2CC)c1C. The van der Waals surface area contributed by atoms with E-state index in [4.69, 9.17) is 4.74 Å². The Balaban J connectivity index is 2.23. The number of Topliss-reactive ketones (excluding diaryl/α,β-unsaturated/α-hetero) is 1. The Morgan fingerprint density at radius 1 is 1.38 bits per heavy atom. The van der Waals surface area contributed by atoms with Gasteiger partial charge < -0.3 is 14.3 Å². The molecule has 0 unspecified atom stereocenters. The quantitative estimate of drug-likeness (QED) is 0.469. The molecule has 130 valence electrons. The Morgan fingerprint density at radius 3 is 2.71 bits per heavy atom. The van der Waals surface area contributed by atoms with E-state index in [1.807, 2.05) is 18.4 Å². The Bertz CT molecular complexity index is 751. The number of aryl methyl sites for hydroxylation is 2. The molecule has 0 spiro atoms. The molecule has 1 atom stereocenters. The Labute approximate surface area is 145 Å². The maximum atomic E-state index is 12.8. The molecular formula is C16H22N4O3S. The van der Waals surface area contributed by atoms with Gasteiger partial charge in [-0.05, 0) is 40.2 Å². The van der Waals surface area contributed by atoms with Crippen LogP contribution >= 0.6 is 11.8 Å². The molecule has 24 heavy (non-hydrogen) atoms. The lowest BCUT2D eigenvalue weighted by atomic mass is 10.1. The van der Waals surface area contributed by atoms with Crippen LogP contribution < -0.4 is 0 Å². The molecular weight excluding hydrogens is 328 g/mol. The van der Waals surface area contributed by atoms with E-state index in [9.17, 15) is 9.59 Å². The van der Waals surface area contributed by atoms with Crippen LogP contribution in [0.2, 0.25) is 0 Å². The minimum atomic E-state index is -0.408. The van der Waals surface area contributed by atoms with Crippen molar-refractivity contribution >= 4 is 23.5 Å². The lowest BCUT2D eigenvalue weighted by molar-refractivity contribution is 0.0525. The van der Waals surface area contributed by atoms with Crippen molar-refractivity contribution in [1.29, 1.82) is 0 Å². The fourth-order valence-corrected chi connectivity index (χ4v) is 3.42. The van der Waals surface area contributed by atoms with E-state index >= 15 is 0 Å². The van der Waals surface area contributed by atoms with Crippen molar-refractivity contribution in [2.24, 2.45) is 0 Å².